The topological polar surface area (TPSA) is 38.8 Å². The first-order valence-electron chi connectivity index (χ1n) is 8.83. The van der Waals surface area contributed by atoms with Crippen LogP contribution >= 0.6 is 11.8 Å². The molecule has 2 aliphatic heterocycles. The fourth-order valence-electron chi connectivity index (χ4n) is 3.37. The van der Waals surface area contributed by atoms with Crippen molar-refractivity contribution in [3.05, 3.63) is 59.2 Å². The molecule has 2 aliphatic rings. The van der Waals surface area contributed by atoms with Crippen LogP contribution in [0.4, 0.5) is 8.78 Å². The van der Waals surface area contributed by atoms with Crippen LogP contribution in [0.5, 0.6) is 11.5 Å². The Labute approximate surface area is 160 Å². The van der Waals surface area contributed by atoms with Crippen LogP contribution in [-0.4, -0.2) is 36.4 Å². The van der Waals surface area contributed by atoms with Gasteiger partial charge in [0.15, 0.2) is 11.5 Å². The molecule has 0 radical (unpaired) electrons. The Morgan fingerprint density at radius 1 is 1.11 bits per heavy atom. The van der Waals surface area contributed by atoms with Crippen molar-refractivity contribution in [2.75, 3.05) is 25.6 Å². The lowest BCUT2D eigenvalue weighted by Crippen LogP contribution is -2.34. The monoisotopic (exact) mass is 391 g/mol. The van der Waals surface area contributed by atoms with Crippen LogP contribution in [0.1, 0.15) is 22.8 Å². The highest BCUT2D eigenvalue weighted by atomic mass is 32.2. The molecular weight excluding hydrogens is 372 g/mol. The lowest BCUT2D eigenvalue weighted by Gasteiger charge is -2.20. The molecule has 1 saturated heterocycles. The SMILES string of the molecule is O=C(Cc1ccc2c(c1)OCO2)N1CCS[C@@H](c2cc(F)ccc2F)CC1. The maximum Gasteiger partial charge on any atom is 0.231 e. The number of halogens is 2. The third-order valence-corrected chi connectivity index (χ3v) is 6.10. The number of rotatable bonds is 3. The van der Waals surface area contributed by atoms with Gasteiger partial charge in [0.25, 0.3) is 0 Å². The van der Waals surface area contributed by atoms with E-state index in [4.69, 9.17) is 9.47 Å². The Morgan fingerprint density at radius 3 is 2.85 bits per heavy atom. The van der Waals surface area contributed by atoms with Gasteiger partial charge in [-0.25, -0.2) is 8.78 Å². The average molecular weight is 391 g/mol. The number of hydrogen-bond acceptors (Lipinski definition) is 4. The number of carbonyl (C=O) groups is 1. The summed E-state index contributed by atoms with van der Waals surface area (Å²) in [4.78, 5) is 14.5. The zero-order valence-corrected chi connectivity index (χ0v) is 15.4. The molecule has 0 aromatic heterocycles. The smallest absolute Gasteiger partial charge is 0.231 e. The van der Waals surface area contributed by atoms with Crippen LogP contribution in [0.15, 0.2) is 36.4 Å². The van der Waals surface area contributed by atoms with Crippen LogP contribution in [0.2, 0.25) is 0 Å². The van der Waals surface area contributed by atoms with E-state index in [2.05, 4.69) is 0 Å². The number of ether oxygens (including phenoxy) is 2. The highest BCUT2D eigenvalue weighted by molar-refractivity contribution is 7.99. The Hall–Kier alpha value is -2.28. The first-order chi connectivity index (χ1) is 13.1. The van der Waals surface area contributed by atoms with Crippen molar-refractivity contribution in [3.63, 3.8) is 0 Å². The maximum absolute atomic E-state index is 14.1. The number of thioether (sulfide) groups is 1. The van der Waals surface area contributed by atoms with Gasteiger partial charge >= 0.3 is 0 Å². The summed E-state index contributed by atoms with van der Waals surface area (Å²) >= 11 is 1.57. The van der Waals surface area contributed by atoms with Gasteiger partial charge in [0.1, 0.15) is 11.6 Å². The first-order valence-corrected chi connectivity index (χ1v) is 9.88. The van der Waals surface area contributed by atoms with Crippen LogP contribution in [0, 0.1) is 11.6 Å². The Balaban J connectivity index is 1.40. The number of benzene rings is 2. The molecular formula is C20H19F2NO3S. The quantitative estimate of drug-likeness (QED) is 0.794. The van der Waals surface area contributed by atoms with E-state index in [9.17, 15) is 13.6 Å². The molecule has 0 aliphatic carbocycles. The Kier molecular flexibility index (Phi) is 5.20. The van der Waals surface area contributed by atoms with Crippen LogP contribution < -0.4 is 9.47 Å². The van der Waals surface area contributed by atoms with Gasteiger partial charge in [0, 0.05) is 29.7 Å². The third-order valence-electron chi connectivity index (χ3n) is 4.79. The molecule has 0 spiro atoms. The van der Waals surface area contributed by atoms with E-state index < -0.39 is 11.6 Å². The summed E-state index contributed by atoms with van der Waals surface area (Å²) in [6.45, 7) is 1.33. The predicted molar refractivity (Wildman–Crippen MR) is 99.0 cm³/mol. The van der Waals surface area contributed by atoms with Gasteiger partial charge in [-0.2, -0.15) is 11.8 Å². The Morgan fingerprint density at radius 2 is 1.96 bits per heavy atom. The molecule has 0 bridgehead atoms. The molecule has 1 atom stereocenters. The van der Waals surface area contributed by atoms with Gasteiger partial charge in [-0.1, -0.05) is 6.07 Å². The number of amides is 1. The fourth-order valence-corrected chi connectivity index (χ4v) is 4.61. The first kappa shape index (κ1) is 18.1. The lowest BCUT2D eigenvalue weighted by atomic mass is 10.1. The molecule has 7 heteroatoms. The standard InChI is InChI=1S/C20H19F2NO3S/c21-14-2-3-16(22)15(11-14)19-5-6-23(7-8-27-19)20(24)10-13-1-4-17-18(9-13)26-12-25-17/h1-4,9,11,19H,5-8,10,12H2/t19-/m1/s1. The molecule has 0 N–H and O–H groups in total. The van der Waals surface area contributed by atoms with Gasteiger partial charge in [0.05, 0.1) is 6.42 Å². The van der Waals surface area contributed by atoms with Crippen molar-refractivity contribution in [3.8, 4) is 11.5 Å². The van der Waals surface area contributed by atoms with Gasteiger partial charge in [0.2, 0.25) is 12.7 Å². The van der Waals surface area contributed by atoms with Crippen molar-refractivity contribution >= 4 is 17.7 Å². The second kappa shape index (κ2) is 7.76. The maximum atomic E-state index is 14.1. The zero-order chi connectivity index (χ0) is 18.8. The third kappa shape index (κ3) is 4.03. The number of nitrogens with zero attached hydrogens (tertiary/aromatic N) is 1. The van der Waals surface area contributed by atoms with Crippen LogP contribution in [0.25, 0.3) is 0 Å². The summed E-state index contributed by atoms with van der Waals surface area (Å²) in [6.07, 6.45) is 0.873. The molecule has 4 rings (SSSR count). The van der Waals surface area contributed by atoms with Crippen molar-refractivity contribution in [1.82, 2.24) is 4.90 Å². The van der Waals surface area contributed by atoms with Gasteiger partial charge in [-0.3, -0.25) is 4.79 Å². The summed E-state index contributed by atoms with van der Waals surface area (Å²) in [6, 6.07) is 9.06. The molecule has 4 nitrogen and oxygen atoms in total. The summed E-state index contributed by atoms with van der Waals surface area (Å²) < 4.78 is 38.2. The number of hydrogen-bond donors (Lipinski definition) is 0. The van der Waals surface area contributed by atoms with Crippen LogP contribution in [-0.2, 0) is 11.2 Å². The highest BCUT2D eigenvalue weighted by Gasteiger charge is 2.25. The van der Waals surface area contributed by atoms with Crippen molar-refractivity contribution in [2.45, 2.75) is 18.1 Å². The molecule has 2 heterocycles. The molecule has 0 unspecified atom stereocenters. The lowest BCUT2D eigenvalue weighted by molar-refractivity contribution is -0.130. The van der Waals surface area contributed by atoms with E-state index in [1.165, 1.54) is 12.1 Å². The second-order valence-corrected chi connectivity index (χ2v) is 7.87. The molecule has 2 aromatic carbocycles. The molecule has 0 saturated carbocycles. The molecule has 2 aromatic rings. The largest absolute Gasteiger partial charge is 0.454 e. The summed E-state index contributed by atoms with van der Waals surface area (Å²) in [7, 11) is 0. The van der Waals surface area contributed by atoms with E-state index in [0.29, 0.717) is 42.3 Å². The van der Waals surface area contributed by atoms with E-state index in [1.807, 2.05) is 18.2 Å². The normalized spacial score (nSPS) is 19.0. The van der Waals surface area contributed by atoms with E-state index >= 15 is 0 Å². The summed E-state index contributed by atoms with van der Waals surface area (Å²) in [5.74, 6) is 1.23. The number of fused-ring (bicyclic) bond motifs is 1. The van der Waals surface area contributed by atoms with Crippen molar-refractivity contribution in [2.24, 2.45) is 0 Å². The van der Waals surface area contributed by atoms with E-state index in [0.717, 1.165) is 11.6 Å². The summed E-state index contributed by atoms with van der Waals surface area (Å²) in [5.41, 5.74) is 1.25. The minimum atomic E-state index is -0.438. The van der Waals surface area contributed by atoms with Gasteiger partial charge < -0.3 is 14.4 Å². The molecule has 1 fully saturated rings. The average Bonchev–Trinajstić information content (AvgIpc) is 2.98. The fraction of sp³-hybridized carbons (Fsp3) is 0.350. The van der Waals surface area contributed by atoms with Gasteiger partial charge in [-0.15, -0.1) is 0 Å². The minimum absolute atomic E-state index is 0.0230. The summed E-state index contributed by atoms with van der Waals surface area (Å²) in [5, 5.41) is -0.149. The van der Waals surface area contributed by atoms with Crippen molar-refractivity contribution < 1.29 is 23.0 Å². The predicted octanol–water partition coefficient (Wildman–Crippen LogP) is 3.94. The molecule has 142 valence electrons. The van der Waals surface area contributed by atoms with E-state index in [1.54, 1.807) is 16.7 Å². The zero-order valence-electron chi connectivity index (χ0n) is 14.6. The van der Waals surface area contributed by atoms with Crippen molar-refractivity contribution in [1.29, 1.82) is 0 Å². The van der Waals surface area contributed by atoms with E-state index in [-0.39, 0.29) is 24.4 Å². The molecule has 1 amide bonds. The molecule has 27 heavy (non-hydrogen) atoms. The highest BCUT2D eigenvalue weighted by Crippen LogP contribution is 2.36. The second-order valence-electron chi connectivity index (χ2n) is 6.56. The minimum Gasteiger partial charge on any atom is -0.454 e. The van der Waals surface area contributed by atoms with Crippen LogP contribution in [0.3, 0.4) is 0 Å². The van der Waals surface area contributed by atoms with Gasteiger partial charge in [-0.05, 0) is 42.3 Å². The Bertz CT molecular complexity index is 861. The number of carbonyl (C=O) groups excluding carboxylic acids is 1.